The van der Waals surface area contributed by atoms with Crippen LogP contribution in [0.5, 0.6) is 5.88 Å². The molecule has 0 atom stereocenters. The number of aryl methyl sites for hydroxylation is 1. The zero-order valence-electron chi connectivity index (χ0n) is 14.1. The summed E-state index contributed by atoms with van der Waals surface area (Å²) in [4.78, 5) is 19.7. The summed E-state index contributed by atoms with van der Waals surface area (Å²) in [7, 11) is 1.55. The second-order valence-corrected chi connectivity index (χ2v) is 5.74. The fraction of sp³-hybridized carbons (Fsp3) is 0.235. The van der Waals surface area contributed by atoms with Crippen LogP contribution in [0.4, 0.5) is 0 Å². The number of rotatable bonds is 6. The third-order valence-corrected chi connectivity index (χ3v) is 3.98. The van der Waals surface area contributed by atoms with E-state index in [1.807, 2.05) is 24.3 Å². The fourth-order valence-corrected chi connectivity index (χ4v) is 2.67. The van der Waals surface area contributed by atoms with Crippen molar-refractivity contribution < 1.29 is 9.53 Å². The molecular weight excluding hydrogens is 334 g/mol. The molecule has 9 heteroatoms. The van der Waals surface area contributed by atoms with Gasteiger partial charge in [-0.15, -0.1) is 15.3 Å². The number of benzene rings is 1. The van der Waals surface area contributed by atoms with Crippen LogP contribution in [0.15, 0.2) is 36.4 Å². The summed E-state index contributed by atoms with van der Waals surface area (Å²) in [6.07, 6.45) is 0.702. The Labute approximate surface area is 148 Å². The molecule has 3 aromatic heterocycles. The standard InChI is InChI=1S/C17H17N7O2/c1-26-17-9-7-15-22-21-14(24(15)23-17)6-8-16(25)18-10-13-19-11-4-2-3-5-12(11)20-13/h2-5,7,9H,6,8,10H2,1H3,(H,18,25)(H,19,20). The van der Waals surface area contributed by atoms with Gasteiger partial charge in [0, 0.05) is 18.9 Å². The average Bonchev–Trinajstić information content (AvgIpc) is 3.27. The van der Waals surface area contributed by atoms with Gasteiger partial charge >= 0.3 is 0 Å². The van der Waals surface area contributed by atoms with Crippen LogP contribution in [0, 0.1) is 0 Å². The Kier molecular flexibility index (Phi) is 4.18. The molecule has 0 bridgehead atoms. The molecule has 0 aliphatic rings. The minimum absolute atomic E-state index is 0.0925. The Morgan fingerprint density at radius 1 is 1.23 bits per heavy atom. The molecule has 0 spiro atoms. The molecule has 0 unspecified atom stereocenters. The number of aromatic nitrogens is 6. The molecule has 26 heavy (non-hydrogen) atoms. The SMILES string of the molecule is COc1ccc2nnc(CCC(=O)NCc3nc4ccccc4[nH]3)n2n1. The van der Waals surface area contributed by atoms with Gasteiger partial charge in [0.15, 0.2) is 11.5 Å². The van der Waals surface area contributed by atoms with Gasteiger partial charge in [-0.25, -0.2) is 4.98 Å². The van der Waals surface area contributed by atoms with E-state index in [0.717, 1.165) is 16.9 Å². The van der Waals surface area contributed by atoms with Crippen molar-refractivity contribution in [3.8, 4) is 5.88 Å². The molecule has 4 rings (SSSR count). The normalized spacial score (nSPS) is 11.1. The summed E-state index contributed by atoms with van der Waals surface area (Å²) in [5.41, 5.74) is 2.45. The number of carbonyl (C=O) groups excluding carboxylic acids is 1. The minimum atomic E-state index is -0.0925. The van der Waals surface area contributed by atoms with Crippen molar-refractivity contribution in [3.63, 3.8) is 0 Å². The molecule has 4 aromatic rings. The number of nitrogens with zero attached hydrogens (tertiary/aromatic N) is 5. The van der Waals surface area contributed by atoms with Crippen LogP contribution in [-0.2, 0) is 17.8 Å². The Morgan fingerprint density at radius 3 is 2.96 bits per heavy atom. The molecule has 9 nitrogen and oxygen atoms in total. The van der Waals surface area contributed by atoms with Crippen LogP contribution in [-0.4, -0.2) is 42.8 Å². The Balaban J connectivity index is 1.36. The maximum Gasteiger partial charge on any atom is 0.231 e. The lowest BCUT2D eigenvalue weighted by atomic mass is 10.3. The van der Waals surface area contributed by atoms with Gasteiger partial charge in [-0.3, -0.25) is 4.79 Å². The number of methoxy groups -OCH3 is 1. The van der Waals surface area contributed by atoms with E-state index in [0.29, 0.717) is 30.3 Å². The third-order valence-electron chi connectivity index (χ3n) is 3.98. The molecule has 132 valence electrons. The summed E-state index contributed by atoms with van der Waals surface area (Å²) in [5.74, 6) is 1.70. The van der Waals surface area contributed by atoms with E-state index in [1.165, 1.54) is 0 Å². The van der Waals surface area contributed by atoms with Crippen LogP contribution in [0.2, 0.25) is 0 Å². The molecule has 0 saturated heterocycles. The predicted molar refractivity (Wildman–Crippen MR) is 93.6 cm³/mol. The predicted octanol–water partition coefficient (Wildman–Crippen LogP) is 1.26. The average molecular weight is 351 g/mol. The van der Waals surface area contributed by atoms with Crippen LogP contribution in [0.3, 0.4) is 0 Å². The van der Waals surface area contributed by atoms with Crippen molar-refractivity contribution in [2.24, 2.45) is 0 Å². The van der Waals surface area contributed by atoms with E-state index in [4.69, 9.17) is 4.74 Å². The number of imidazole rings is 1. The monoisotopic (exact) mass is 351 g/mol. The molecule has 0 radical (unpaired) electrons. The lowest BCUT2D eigenvalue weighted by molar-refractivity contribution is -0.121. The number of hydrogen-bond acceptors (Lipinski definition) is 6. The van der Waals surface area contributed by atoms with E-state index in [9.17, 15) is 4.79 Å². The lowest BCUT2D eigenvalue weighted by Gasteiger charge is -2.03. The second kappa shape index (κ2) is 6.79. The zero-order valence-corrected chi connectivity index (χ0v) is 14.1. The van der Waals surface area contributed by atoms with Crippen LogP contribution < -0.4 is 10.1 Å². The highest BCUT2D eigenvalue weighted by molar-refractivity contribution is 5.77. The maximum atomic E-state index is 12.1. The summed E-state index contributed by atoms with van der Waals surface area (Å²) in [6.45, 7) is 0.347. The first-order valence-electron chi connectivity index (χ1n) is 8.18. The van der Waals surface area contributed by atoms with Crippen molar-refractivity contribution >= 4 is 22.6 Å². The molecule has 1 aromatic carbocycles. The molecule has 0 aliphatic heterocycles. The molecular formula is C17H17N7O2. The number of fused-ring (bicyclic) bond motifs is 2. The van der Waals surface area contributed by atoms with Crippen molar-refractivity contribution in [2.45, 2.75) is 19.4 Å². The van der Waals surface area contributed by atoms with Gasteiger partial charge in [0.1, 0.15) is 5.82 Å². The van der Waals surface area contributed by atoms with E-state index in [2.05, 4.69) is 30.6 Å². The number of amides is 1. The van der Waals surface area contributed by atoms with Gasteiger partial charge in [-0.2, -0.15) is 4.52 Å². The molecule has 0 aliphatic carbocycles. The van der Waals surface area contributed by atoms with Crippen LogP contribution in [0.1, 0.15) is 18.1 Å². The number of H-pyrrole nitrogens is 1. The van der Waals surface area contributed by atoms with Gasteiger partial charge < -0.3 is 15.0 Å². The van der Waals surface area contributed by atoms with Gasteiger partial charge in [-0.1, -0.05) is 12.1 Å². The van der Waals surface area contributed by atoms with E-state index < -0.39 is 0 Å². The van der Waals surface area contributed by atoms with E-state index >= 15 is 0 Å². The number of nitrogens with one attached hydrogen (secondary N) is 2. The first-order chi connectivity index (χ1) is 12.7. The van der Waals surface area contributed by atoms with Crippen LogP contribution in [0.25, 0.3) is 16.7 Å². The zero-order chi connectivity index (χ0) is 17.9. The quantitative estimate of drug-likeness (QED) is 0.541. The van der Waals surface area contributed by atoms with Gasteiger partial charge in [0.25, 0.3) is 0 Å². The molecule has 3 heterocycles. The fourth-order valence-electron chi connectivity index (χ4n) is 2.67. The molecule has 0 fully saturated rings. The molecule has 0 saturated carbocycles. The minimum Gasteiger partial charge on any atom is -0.480 e. The highest BCUT2D eigenvalue weighted by Gasteiger charge is 2.11. The summed E-state index contributed by atoms with van der Waals surface area (Å²) in [5, 5.41) is 15.3. The van der Waals surface area contributed by atoms with Crippen LogP contribution >= 0.6 is 0 Å². The summed E-state index contributed by atoms with van der Waals surface area (Å²) in [6, 6.07) is 11.2. The first-order valence-corrected chi connectivity index (χ1v) is 8.18. The van der Waals surface area contributed by atoms with Crippen molar-refractivity contribution in [2.75, 3.05) is 7.11 Å². The highest BCUT2D eigenvalue weighted by atomic mass is 16.5. The summed E-state index contributed by atoms with van der Waals surface area (Å²) >= 11 is 0. The Morgan fingerprint density at radius 2 is 2.12 bits per heavy atom. The lowest BCUT2D eigenvalue weighted by Crippen LogP contribution is -2.24. The smallest absolute Gasteiger partial charge is 0.231 e. The van der Waals surface area contributed by atoms with Crippen molar-refractivity contribution in [1.82, 2.24) is 35.1 Å². The Bertz CT molecular complexity index is 1040. The Hall–Kier alpha value is -3.49. The van der Waals surface area contributed by atoms with Gasteiger partial charge in [0.2, 0.25) is 11.8 Å². The van der Waals surface area contributed by atoms with E-state index in [1.54, 1.807) is 23.8 Å². The van der Waals surface area contributed by atoms with E-state index in [-0.39, 0.29) is 12.3 Å². The van der Waals surface area contributed by atoms with Gasteiger partial charge in [0.05, 0.1) is 24.7 Å². The number of aromatic amines is 1. The first kappa shape index (κ1) is 16.0. The van der Waals surface area contributed by atoms with Crippen molar-refractivity contribution in [3.05, 3.63) is 48.0 Å². The maximum absolute atomic E-state index is 12.1. The molecule has 1 amide bonds. The topological polar surface area (TPSA) is 110 Å². The molecule has 2 N–H and O–H groups in total. The summed E-state index contributed by atoms with van der Waals surface area (Å²) < 4.78 is 6.70. The van der Waals surface area contributed by atoms with Crippen molar-refractivity contribution in [1.29, 1.82) is 0 Å². The highest BCUT2D eigenvalue weighted by Crippen LogP contribution is 2.11. The number of ether oxygens (including phenoxy) is 1. The van der Waals surface area contributed by atoms with Gasteiger partial charge in [-0.05, 0) is 18.2 Å². The number of hydrogen-bond donors (Lipinski definition) is 2. The second-order valence-electron chi connectivity index (χ2n) is 5.74. The largest absolute Gasteiger partial charge is 0.480 e. The third kappa shape index (κ3) is 3.18. The number of para-hydroxylation sites is 2. The number of carbonyl (C=O) groups is 1.